The Bertz CT molecular complexity index is 742. The molecule has 4 rings (SSSR count). The summed E-state index contributed by atoms with van der Waals surface area (Å²) in [6.07, 6.45) is 27.5. The van der Waals surface area contributed by atoms with Gasteiger partial charge in [-0.3, -0.25) is 0 Å². The lowest BCUT2D eigenvalue weighted by Gasteiger charge is -2.58. The molecule has 4 unspecified atom stereocenters. The van der Waals surface area contributed by atoms with Crippen LogP contribution in [0, 0.1) is 46.3 Å². The van der Waals surface area contributed by atoms with Crippen molar-refractivity contribution < 1.29 is 9.84 Å². The number of ether oxygens (including phenoxy) is 1. The third-order valence-electron chi connectivity index (χ3n) is 12.3. The molecule has 2 nitrogen and oxygen atoms in total. The zero-order valence-electron chi connectivity index (χ0n) is 26.1. The molecule has 0 radical (unpaired) electrons. The van der Waals surface area contributed by atoms with Gasteiger partial charge in [0.15, 0.2) is 6.29 Å². The first-order chi connectivity index (χ1) is 18.3. The second kappa shape index (κ2) is 14.0. The summed E-state index contributed by atoms with van der Waals surface area (Å²) in [5.41, 5.74) is 2.79. The predicted octanol–water partition coefficient (Wildman–Crippen LogP) is 10.5. The van der Waals surface area contributed by atoms with Crippen LogP contribution in [0.2, 0.25) is 0 Å². The van der Waals surface area contributed by atoms with Crippen molar-refractivity contribution in [3.63, 3.8) is 0 Å². The molecule has 4 aliphatic carbocycles. The lowest BCUT2D eigenvalue weighted by Crippen LogP contribution is -2.50. The molecule has 0 spiro atoms. The number of hydrogen-bond acceptors (Lipinski definition) is 2. The molecule has 0 aromatic carbocycles. The van der Waals surface area contributed by atoms with Crippen molar-refractivity contribution in [1.82, 2.24) is 0 Å². The van der Waals surface area contributed by atoms with Gasteiger partial charge in [-0.2, -0.15) is 0 Å². The summed E-state index contributed by atoms with van der Waals surface area (Å²) >= 11 is 0. The van der Waals surface area contributed by atoms with Gasteiger partial charge < -0.3 is 9.84 Å². The Morgan fingerprint density at radius 3 is 2.45 bits per heavy atom. The van der Waals surface area contributed by atoms with E-state index in [4.69, 9.17) is 4.74 Å². The van der Waals surface area contributed by atoms with Gasteiger partial charge in [-0.15, -0.1) is 0 Å². The van der Waals surface area contributed by atoms with Crippen LogP contribution < -0.4 is 0 Å². The first-order valence-corrected chi connectivity index (χ1v) is 17.3. The van der Waals surface area contributed by atoms with Gasteiger partial charge in [-0.05, 0) is 117 Å². The SMILES string of the molecule is CCCCCCCCC(O)OC[C@H]1CC[C@@]2(C)C(=CCC3C2CC[C@@]2(C)C3CC[C@@H]2CCCCC(C)C)C1. The third-order valence-corrected chi connectivity index (χ3v) is 12.3. The molecule has 0 bridgehead atoms. The van der Waals surface area contributed by atoms with E-state index >= 15 is 0 Å². The minimum atomic E-state index is -0.559. The maximum absolute atomic E-state index is 10.4. The average Bonchev–Trinajstić information content (AvgIpc) is 3.23. The highest BCUT2D eigenvalue weighted by Gasteiger charge is 2.58. The second-order valence-corrected chi connectivity index (χ2v) is 15.2. The van der Waals surface area contributed by atoms with Crippen molar-refractivity contribution in [3.05, 3.63) is 11.6 Å². The zero-order valence-corrected chi connectivity index (χ0v) is 26.1. The van der Waals surface area contributed by atoms with Gasteiger partial charge in [0.05, 0.1) is 6.61 Å². The summed E-state index contributed by atoms with van der Waals surface area (Å²) in [5, 5.41) is 10.4. The lowest BCUT2D eigenvalue weighted by molar-refractivity contribution is -0.119. The van der Waals surface area contributed by atoms with E-state index in [-0.39, 0.29) is 0 Å². The maximum atomic E-state index is 10.4. The Morgan fingerprint density at radius 1 is 0.895 bits per heavy atom. The molecular weight excluding hydrogens is 464 g/mol. The van der Waals surface area contributed by atoms with Crippen LogP contribution in [0.1, 0.15) is 157 Å². The normalized spacial score (nSPS) is 37.4. The van der Waals surface area contributed by atoms with E-state index in [0.717, 1.165) is 49.0 Å². The molecule has 0 aliphatic heterocycles. The van der Waals surface area contributed by atoms with Crippen LogP contribution in [0.15, 0.2) is 11.6 Å². The minimum absolute atomic E-state index is 0.424. The standard InChI is InChI=1S/C36H64O2/c1-6-7-8-9-10-11-16-34(37)38-26-28-21-23-36(5)30(25-28)17-19-31-32-20-18-29(15-13-12-14-27(2)3)35(32,4)24-22-33(31)36/h17,27-29,31-34,37H,6-16,18-26H2,1-5H3/t28-,29-,31?,32?,33?,34?,35+,36-/m0/s1. The molecule has 38 heavy (non-hydrogen) atoms. The number of hydrogen-bond donors (Lipinski definition) is 1. The van der Waals surface area contributed by atoms with Crippen LogP contribution in [-0.4, -0.2) is 18.0 Å². The molecule has 0 saturated heterocycles. The van der Waals surface area contributed by atoms with Gasteiger partial charge in [0.25, 0.3) is 0 Å². The predicted molar refractivity (Wildman–Crippen MR) is 162 cm³/mol. The van der Waals surface area contributed by atoms with Crippen LogP contribution in [0.5, 0.6) is 0 Å². The van der Waals surface area contributed by atoms with E-state index in [9.17, 15) is 5.11 Å². The summed E-state index contributed by atoms with van der Waals surface area (Å²) in [6, 6.07) is 0. The molecular formula is C36H64O2. The molecule has 3 fully saturated rings. The summed E-state index contributed by atoms with van der Waals surface area (Å²) in [6.45, 7) is 13.1. The maximum Gasteiger partial charge on any atom is 0.154 e. The third kappa shape index (κ3) is 7.10. The largest absolute Gasteiger partial charge is 0.368 e. The Morgan fingerprint density at radius 2 is 1.66 bits per heavy atom. The van der Waals surface area contributed by atoms with Gasteiger partial charge in [-0.1, -0.05) is 97.6 Å². The fourth-order valence-corrected chi connectivity index (χ4v) is 9.83. The molecule has 2 heteroatoms. The average molecular weight is 529 g/mol. The number of rotatable bonds is 15. The quantitative estimate of drug-likeness (QED) is 0.130. The van der Waals surface area contributed by atoms with Gasteiger partial charge in [0.2, 0.25) is 0 Å². The van der Waals surface area contributed by atoms with Gasteiger partial charge in [-0.25, -0.2) is 0 Å². The molecule has 3 saturated carbocycles. The molecule has 1 N–H and O–H groups in total. The highest BCUT2D eigenvalue weighted by atomic mass is 16.6. The number of aliphatic hydroxyl groups excluding tert-OH is 1. The molecule has 220 valence electrons. The van der Waals surface area contributed by atoms with Crippen molar-refractivity contribution in [2.24, 2.45) is 46.3 Å². The summed E-state index contributed by atoms with van der Waals surface area (Å²) in [4.78, 5) is 0. The monoisotopic (exact) mass is 528 g/mol. The first kappa shape index (κ1) is 30.6. The minimum Gasteiger partial charge on any atom is -0.368 e. The van der Waals surface area contributed by atoms with E-state index in [1.807, 2.05) is 0 Å². The van der Waals surface area contributed by atoms with Crippen molar-refractivity contribution in [2.75, 3.05) is 6.61 Å². The van der Waals surface area contributed by atoms with Crippen LogP contribution >= 0.6 is 0 Å². The second-order valence-electron chi connectivity index (χ2n) is 15.2. The molecule has 0 aromatic rings. The Labute approximate surface area is 237 Å². The summed E-state index contributed by atoms with van der Waals surface area (Å²) in [5.74, 6) is 5.23. The first-order valence-electron chi connectivity index (χ1n) is 17.3. The van der Waals surface area contributed by atoms with Gasteiger partial charge in [0, 0.05) is 0 Å². The smallest absolute Gasteiger partial charge is 0.154 e. The Balaban J connectivity index is 1.25. The van der Waals surface area contributed by atoms with Crippen molar-refractivity contribution in [2.45, 2.75) is 163 Å². The fourth-order valence-electron chi connectivity index (χ4n) is 9.83. The van der Waals surface area contributed by atoms with E-state index < -0.39 is 6.29 Å². The molecule has 4 aliphatic rings. The lowest BCUT2D eigenvalue weighted by atomic mass is 9.47. The van der Waals surface area contributed by atoms with Gasteiger partial charge >= 0.3 is 0 Å². The van der Waals surface area contributed by atoms with Gasteiger partial charge in [0.1, 0.15) is 0 Å². The van der Waals surface area contributed by atoms with Crippen molar-refractivity contribution in [3.8, 4) is 0 Å². The molecule has 0 aromatic heterocycles. The molecule has 8 atom stereocenters. The van der Waals surface area contributed by atoms with E-state index in [1.165, 1.54) is 109 Å². The number of aliphatic hydroxyl groups is 1. The van der Waals surface area contributed by atoms with Crippen molar-refractivity contribution >= 4 is 0 Å². The zero-order chi connectivity index (χ0) is 27.2. The fraction of sp³-hybridized carbons (Fsp3) is 0.944. The highest BCUT2D eigenvalue weighted by Crippen LogP contribution is 2.67. The highest BCUT2D eigenvalue weighted by molar-refractivity contribution is 5.25. The van der Waals surface area contributed by atoms with E-state index in [2.05, 4.69) is 40.7 Å². The Kier molecular flexibility index (Phi) is 11.3. The topological polar surface area (TPSA) is 29.5 Å². The van der Waals surface area contributed by atoms with E-state index in [0.29, 0.717) is 16.7 Å². The molecule has 0 amide bonds. The number of allylic oxidation sites excluding steroid dienone is 2. The number of unbranched alkanes of at least 4 members (excludes halogenated alkanes) is 6. The number of fused-ring (bicyclic) bond motifs is 5. The van der Waals surface area contributed by atoms with Crippen LogP contribution in [-0.2, 0) is 4.74 Å². The summed E-state index contributed by atoms with van der Waals surface area (Å²) in [7, 11) is 0. The summed E-state index contributed by atoms with van der Waals surface area (Å²) < 4.78 is 5.99. The van der Waals surface area contributed by atoms with E-state index in [1.54, 1.807) is 5.57 Å². The van der Waals surface area contributed by atoms with Crippen LogP contribution in [0.25, 0.3) is 0 Å². The molecule has 0 heterocycles. The van der Waals surface area contributed by atoms with Crippen LogP contribution in [0.4, 0.5) is 0 Å². The van der Waals surface area contributed by atoms with Crippen molar-refractivity contribution in [1.29, 1.82) is 0 Å². The van der Waals surface area contributed by atoms with Crippen LogP contribution in [0.3, 0.4) is 0 Å². The Hall–Kier alpha value is -0.340.